The lowest BCUT2D eigenvalue weighted by molar-refractivity contribution is 0.373. The van der Waals surface area contributed by atoms with Crippen LogP contribution in [0.25, 0.3) is 22.1 Å². The van der Waals surface area contributed by atoms with Gasteiger partial charge in [-0.15, -0.1) is 0 Å². The monoisotopic (exact) mass is 538 g/mol. The van der Waals surface area contributed by atoms with Crippen LogP contribution in [0.3, 0.4) is 0 Å². The minimum atomic E-state index is -4.16. The number of ether oxygens (including phenoxy) is 3. The topological polar surface area (TPSA) is 115 Å². The summed E-state index contributed by atoms with van der Waals surface area (Å²) in [6.07, 6.45) is 1.08. The Kier molecular flexibility index (Phi) is 7.30. The Morgan fingerprint density at radius 2 is 1.63 bits per heavy atom. The summed E-state index contributed by atoms with van der Waals surface area (Å²) in [7, 11) is 0.147. The van der Waals surface area contributed by atoms with Crippen LogP contribution in [-0.2, 0) is 10.0 Å². The Labute approximate surface area is 221 Å². The number of sulfonamides is 1. The van der Waals surface area contributed by atoms with Crippen molar-refractivity contribution in [1.82, 2.24) is 10.5 Å². The lowest BCUT2D eigenvalue weighted by atomic mass is 10.0. The predicted octanol–water partition coefficient (Wildman–Crippen LogP) is 4.12. The number of nitrogens with zero attached hydrogens (tertiary/aromatic N) is 2. The van der Waals surface area contributed by atoms with Crippen LogP contribution in [0.15, 0.2) is 64.0 Å². The molecule has 1 aromatic heterocycles. The van der Waals surface area contributed by atoms with Crippen molar-refractivity contribution in [2.45, 2.75) is 11.3 Å². The fourth-order valence-electron chi connectivity index (χ4n) is 4.68. The summed E-state index contributed by atoms with van der Waals surface area (Å²) in [6, 6.07) is 16.7. The third-order valence-corrected chi connectivity index (χ3v) is 7.93. The van der Waals surface area contributed by atoms with Crippen molar-refractivity contribution in [2.75, 3.05) is 57.1 Å². The first-order chi connectivity index (χ1) is 18.4. The van der Waals surface area contributed by atoms with Crippen LogP contribution < -0.4 is 29.1 Å². The fourth-order valence-corrected chi connectivity index (χ4v) is 6.01. The zero-order chi connectivity index (χ0) is 26.7. The van der Waals surface area contributed by atoms with Crippen LogP contribution in [0.1, 0.15) is 6.42 Å². The second-order valence-corrected chi connectivity index (χ2v) is 10.4. The van der Waals surface area contributed by atoms with Gasteiger partial charge in [0.1, 0.15) is 22.6 Å². The minimum Gasteiger partial charge on any atom is -0.496 e. The molecule has 2 heterocycles. The molecule has 0 atom stereocenters. The van der Waals surface area contributed by atoms with Crippen LogP contribution >= 0.6 is 0 Å². The van der Waals surface area contributed by atoms with E-state index in [9.17, 15) is 8.42 Å². The summed E-state index contributed by atoms with van der Waals surface area (Å²) < 4.78 is 51.1. The lowest BCUT2D eigenvalue weighted by Gasteiger charge is -2.23. The van der Waals surface area contributed by atoms with Crippen molar-refractivity contribution < 1.29 is 27.2 Å². The Bertz CT molecular complexity index is 1520. The zero-order valence-corrected chi connectivity index (χ0v) is 22.3. The molecule has 4 aromatic rings. The molecule has 1 fully saturated rings. The smallest absolute Gasteiger partial charge is 0.270 e. The van der Waals surface area contributed by atoms with Gasteiger partial charge in [0.25, 0.3) is 10.0 Å². The summed E-state index contributed by atoms with van der Waals surface area (Å²) in [4.78, 5) is 2.23. The summed E-state index contributed by atoms with van der Waals surface area (Å²) in [5.74, 6) is 0.702. The molecule has 0 spiro atoms. The normalized spacial score (nSPS) is 14.2. The Balaban J connectivity index is 1.52. The molecule has 38 heavy (non-hydrogen) atoms. The van der Waals surface area contributed by atoms with Crippen LogP contribution in [0.2, 0.25) is 0 Å². The second-order valence-electron chi connectivity index (χ2n) is 8.82. The summed E-state index contributed by atoms with van der Waals surface area (Å²) >= 11 is 0. The molecule has 0 unspecified atom stereocenters. The van der Waals surface area contributed by atoms with Gasteiger partial charge < -0.3 is 29.0 Å². The highest BCUT2D eigenvalue weighted by molar-refractivity contribution is 7.93. The average molecular weight is 539 g/mol. The van der Waals surface area contributed by atoms with Crippen LogP contribution in [-0.4, -0.2) is 61.1 Å². The van der Waals surface area contributed by atoms with E-state index >= 15 is 0 Å². The molecular formula is C27H30N4O6S. The van der Waals surface area contributed by atoms with E-state index in [1.54, 1.807) is 18.2 Å². The molecule has 0 aliphatic carbocycles. The highest BCUT2D eigenvalue weighted by Gasteiger charge is 2.28. The SMILES string of the molecule is COc1cccc(OC)c1S(=O)(=O)Nc1noc2cc(-c3cccc(N4CCCNCC4)c3)cc(OC)c12. The van der Waals surface area contributed by atoms with E-state index in [1.807, 2.05) is 24.3 Å². The maximum absolute atomic E-state index is 13.4. The van der Waals surface area contributed by atoms with Gasteiger partial charge in [0.05, 0.1) is 21.3 Å². The van der Waals surface area contributed by atoms with Crippen LogP contribution in [0.5, 0.6) is 17.2 Å². The largest absolute Gasteiger partial charge is 0.496 e. The number of rotatable bonds is 8. The predicted molar refractivity (Wildman–Crippen MR) is 146 cm³/mol. The van der Waals surface area contributed by atoms with E-state index in [-0.39, 0.29) is 22.2 Å². The number of benzene rings is 3. The Morgan fingerprint density at radius 1 is 0.895 bits per heavy atom. The van der Waals surface area contributed by atoms with Crippen molar-refractivity contribution in [3.8, 4) is 28.4 Å². The molecule has 2 N–H and O–H groups in total. The Morgan fingerprint density at radius 3 is 2.37 bits per heavy atom. The summed E-state index contributed by atoms with van der Waals surface area (Å²) in [5.41, 5.74) is 3.37. The quantitative estimate of drug-likeness (QED) is 0.342. The number of fused-ring (bicyclic) bond motifs is 1. The number of hydrogen-bond acceptors (Lipinski definition) is 9. The highest BCUT2D eigenvalue weighted by atomic mass is 32.2. The fraction of sp³-hybridized carbons (Fsp3) is 0.296. The molecule has 3 aromatic carbocycles. The molecule has 0 amide bonds. The van der Waals surface area contributed by atoms with E-state index in [4.69, 9.17) is 18.7 Å². The van der Waals surface area contributed by atoms with Crippen molar-refractivity contribution in [3.05, 3.63) is 54.6 Å². The van der Waals surface area contributed by atoms with Gasteiger partial charge in [-0.2, -0.15) is 0 Å². The molecule has 1 aliphatic heterocycles. The second kappa shape index (κ2) is 10.8. The van der Waals surface area contributed by atoms with Crippen molar-refractivity contribution in [1.29, 1.82) is 0 Å². The average Bonchev–Trinajstić information content (AvgIpc) is 3.14. The maximum atomic E-state index is 13.4. The summed E-state index contributed by atoms with van der Waals surface area (Å²) in [6.45, 7) is 3.89. The first kappa shape index (κ1) is 25.7. The zero-order valence-electron chi connectivity index (χ0n) is 21.5. The van der Waals surface area contributed by atoms with Crippen molar-refractivity contribution in [3.63, 3.8) is 0 Å². The number of nitrogens with one attached hydrogen (secondary N) is 2. The first-order valence-electron chi connectivity index (χ1n) is 12.2. The van der Waals surface area contributed by atoms with E-state index in [0.717, 1.165) is 49.4 Å². The van der Waals surface area contributed by atoms with Gasteiger partial charge in [-0.3, -0.25) is 4.72 Å². The van der Waals surface area contributed by atoms with E-state index < -0.39 is 10.0 Å². The van der Waals surface area contributed by atoms with Gasteiger partial charge in [0, 0.05) is 25.3 Å². The van der Waals surface area contributed by atoms with Gasteiger partial charge in [-0.1, -0.05) is 23.4 Å². The molecule has 1 saturated heterocycles. The van der Waals surface area contributed by atoms with Gasteiger partial charge in [-0.25, -0.2) is 8.42 Å². The molecule has 0 radical (unpaired) electrons. The van der Waals surface area contributed by atoms with Crippen LogP contribution in [0, 0.1) is 0 Å². The molecule has 5 rings (SSSR count). The van der Waals surface area contributed by atoms with E-state index in [2.05, 4.69) is 32.2 Å². The van der Waals surface area contributed by atoms with Gasteiger partial charge >= 0.3 is 0 Å². The summed E-state index contributed by atoms with van der Waals surface area (Å²) in [5, 5.41) is 7.86. The maximum Gasteiger partial charge on any atom is 0.270 e. The van der Waals surface area contributed by atoms with Crippen molar-refractivity contribution >= 4 is 32.5 Å². The molecule has 11 heteroatoms. The van der Waals surface area contributed by atoms with Gasteiger partial charge in [0.2, 0.25) is 0 Å². The Hall–Kier alpha value is -3.96. The third-order valence-electron chi connectivity index (χ3n) is 6.53. The molecule has 1 aliphatic rings. The number of hydrogen-bond donors (Lipinski definition) is 2. The standard InChI is InChI=1S/C27H30N4O6S/c1-34-21-9-5-10-22(35-2)26(21)38(32,33)30-27-25-23(36-3)16-19(17-24(25)37-29-27)18-7-4-8-20(15-18)31-13-6-11-28-12-14-31/h4-5,7-10,15-17,28H,6,11-14H2,1-3H3,(H,29,30). The number of anilines is 2. The first-order valence-corrected chi connectivity index (χ1v) is 13.7. The lowest BCUT2D eigenvalue weighted by Crippen LogP contribution is -2.27. The van der Waals surface area contributed by atoms with Gasteiger partial charge in [0.15, 0.2) is 16.3 Å². The van der Waals surface area contributed by atoms with E-state index in [0.29, 0.717) is 16.7 Å². The molecule has 0 bridgehead atoms. The van der Waals surface area contributed by atoms with Crippen LogP contribution in [0.4, 0.5) is 11.5 Å². The van der Waals surface area contributed by atoms with Crippen molar-refractivity contribution in [2.24, 2.45) is 0 Å². The highest BCUT2D eigenvalue weighted by Crippen LogP contribution is 2.40. The number of aromatic nitrogens is 1. The molecule has 0 saturated carbocycles. The molecule has 200 valence electrons. The molecule has 10 nitrogen and oxygen atoms in total. The van der Waals surface area contributed by atoms with Gasteiger partial charge in [-0.05, 0) is 60.5 Å². The third kappa shape index (κ3) is 4.94. The number of methoxy groups -OCH3 is 3. The minimum absolute atomic E-state index is 0.00202. The van der Waals surface area contributed by atoms with E-state index in [1.165, 1.54) is 21.3 Å². The molecular weight excluding hydrogens is 508 g/mol.